The maximum Gasteiger partial charge on any atom is 0.248 e. The lowest BCUT2D eigenvalue weighted by Crippen LogP contribution is -2.54. The summed E-state index contributed by atoms with van der Waals surface area (Å²) in [5.74, 6) is -0.834. The van der Waals surface area contributed by atoms with Crippen molar-refractivity contribution >= 4 is 58.3 Å². The van der Waals surface area contributed by atoms with Gasteiger partial charge in [-0.05, 0) is 64.4 Å². The van der Waals surface area contributed by atoms with Crippen molar-refractivity contribution in [3.05, 3.63) is 118 Å². The monoisotopic (exact) mass is 557 g/mol. The number of carbonyl (C=O) groups excluding carboxylic acids is 2. The molecule has 1 fully saturated rings. The molecule has 1 aliphatic rings. The molecule has 6 nitrogen and oxygen atoms in total. The van der Waals surface area contributed by atoms with Gasteiger partial charge in [0.25, 0.3) is 0 Å². The van der Waals surface area contributed by atoms with Gasteiger partial charge < -0.3 is 4.74 Å². The van der Waals surface area contributed by atoms with Crippen LogP contribution in [0.1, 0.15) is 29.2 Å². The average Bonchev–Trinajstić information content (AvgIpc) is 3.48. The summed E-state index contributed by atoms with van der Waals surface area (Å²) >= 11 is 12.5. The average molecular weight is 558 g/mol. The smallest absolute Gasteiger partial charge is 0.248 e. The van der Waals surface area contributed by atoms with E-state index in [9.17, 15) is 9.59 Å². The molecule has 0 saturated carbocycles. The maximum absolute atomic E-state index is 13.8. The van der Waals surface area contributed by atoms with E-state index in [2.05, 4.69) is 4.98 Å². The fraction of sp³-hybridized carbons (Fsp3) is 0.103. The van der Waals surface area contributed by atoms with E-state index in [0.717, 1.165) is 16.5 Å². The van der Waals surface area contributed by atoms with E-state index in [-0.39, 0.29) is 12.2 Å². The highest BCUT2D eigenvalue weighted by molar-refractivity contribution is 7.78. The van der Waals surface area contributed by atoms with E-state index >= 15 is 0 Å². The lowest BCUT2D eigenvalue weighted by molar-refractivity contribution is -0.142. The molecule has 2 aromatic carbocycles. The molecule has 0 radical (unpaired) electrons. The SMILES string of the molecule is O=C1CC(c2ccsc2)(c2cccc(Oc3ccc4ncccc4c3)n2)N(S)C(=O)C1c1ccccc1Cl. The first-order valence-corrected chi connectivity index (χ1v) is 13.5. The highest BCUT2D eigenvalue weighted by Crippen LogP contribution is 2.48. The Labute approximate surface area is 233 Å². The van der Waals surface area contributed by atoms with E-state index in [4.69, 9.17) is 34.1 Å². The molecule has 0 spiro atoms. The summed E-state index contributed by atoms with van der Waals surface area (Å²) in [5.41, 5.74) is 1.33. The summed E-state index contributed by atoms with van der Waals surface area (Å²) in [6, 6.07) is 23.5. The number of pyridine rings is 2. The lowest BCUT2D eigenvalue weighted by atomic mass is 9.75. The Morgan fingerprint density at radius 3 is 2.71 bits per heavy atom. The van der Waals surface area contributed by atoms with Crippen molar-refractivity contribution in [1.29, 1.82) is 0 Å². The number of aromatic nitrogens is 2. The van der Waals surface area contributed by atoms with Crippen LogP contribution in [0.2, 0.25) is 5.02 Å². The quantitative estimate of drug-likeness (QED) is 0.190. The van der Waals surface area contributed by atoms with Crippen molar-refractivity contribution in [1.82, 2.24) is 14.3 Å². The van der Waals surface area contributed by atoms with Crippen LogP contribution in [0.25, 0.3) is 10.9 Å². The first-order chi connectivity index (χ1) is 18.5. The van der Waals surface area contributed by atoms with E-state index in [1.807, 2.05) is 47.2 Å². The van der Waals surface area contributed by atoms with Gasteiger partial charge in [-0.25, -0.2) is 4.98 Å². The minimum Gasteiger partial charge on any atom is -0.439 e. The molecule has 188 valence electrons. The Bertz CT molecular complexity index is 1680. The third-order valence-corrected chi connectivity index (χ3v) is 8.29. The molecule has 0 bridgehead atoms. The minimum atomic E-state index is -1.22. The predicted molar refractivity (Wildman–Crippen MR) is 151 cm³/mol. The van der Waals surface area contributed by atoms with E-state index in [0.29, 0.717) is 27.9 Å². The van der Waals surface area contributed by atoms with Crippen molar-refractivity contribution < 1.29 is 14.3 Å². The normalized spacial score (nSPS) is 19.6. The van der Waals surface area contributed by atoms with E-state index < -0.39 is 17.4 Å². The third kappa shape index (κ3) is 4.15. The number of benzene rings is 2. The van der Waals surface area contributed by atoms with Crippen LogP contribution >= 0.6 is 35.8 Å². The van der Waals surface area contributed by atoms with Crippen LogP contribution in [-0.4, -0.2) is 26.0 Å². The van der Waals surface area contributed by atoms with E-state index in [1.165, 1.54) is 15.6 Å². The van der Waals surface area contributed by atoms with E-state index in [1.54, 1.807) is 48.7 Å². The number of halogens is 1. The van der Waals surface area contributed by atoms with Crippen LogP contribution in [0.5, 0.6) is 11.6 Å². The number of carbonyl (C=O) groups is 2. The fourth-order valence-corrected chi connectivity index (χ4v) is 6.28. The summed E-state index contributed by atoms with van der Waals surface area (Å²) in [4.78, 5) is 36.6. The van der Waals surface area contributed by atoms with Crippen molar-refractivity contribution in [3.63, 3.8) is 0 Å². The largest absolute Gasteiger partial charge is 0.439 e. The van der Waals surface area contributed by atoms with Gasteiger partial charge in [-0.15, -0.1) is 0 Å². The first kappa shape index (κ1) is 24.6. The molecule has 6 rings (SSSR count). The molecule has 5 aromatic rings. The molecule has 2 unspecified atom stereocenters. The Kier molecular flexibility index (Phi) is 6.39. The second-order valence-corrected chi connectivity index (χ2v) is 10.5. The summed E-state index contributed by atoms with van der Waals surface area (Å²) in [6.45, 7) is 0. The number of Topliss-reactive ketones (excluding diaryl/α,β-unsaturated/α-hetero) is 1. The van der Waals surface area contributed by atoms with Gasteiger partial charge in [0.2, 0.25) is 11.8 Å². The lowest BCUT2D eigenvalue weighted by Gasteiger charge is -2.45. The molecular formula is C29H20ClN3O3S2. The highest BCUT2D eigenvalue weighted by Gasteiger charge is 2.53. The number of thiol groups is 1. The number of hydrogen-bond donors (Lipinski definition) is 1. The Morgan fingerprint density at radius 2 is 1.89 bits per heavy atom. The van der Waals surface area contributed by atoms with Crippen LogP contribution in [-0.2, 0) is 15.1 Å². The number of rotatable bonds is 5. The zero-order chi connectivity index (χ0) is 26.3. The van der Waals surface area contributed by atoms with Gasteiger partial charge in [-0.1, -0.05) is 54.7 Å². The van der Waals surface area contributed by atoms with Crippen molar-refractivity contribution in [2.45, 2.75) is 17.9 Å². The van der Waals surface area contributed by atoms with Crippen molar-refractivity contribution in [2.75, 3.05) is 0 Å². The summed E-state index contributed by atoms with van der Waals surface area (Å²) in [5, 5.41) is 5.11. The van der Waals surface area contributed by atoms with Gasteiger partial charge >= 0.3 is 0 Å². The predicted octanol–water partition coefficient (Wildman–Crippen LogP) is 6.81. The molecule has 1 aliphatic heterocycles. The maximum atomic E-state index is 13.8. The second kappa shape index (κ2) is 9.87. The Hall–Kier alpha value is -3.72. The first-order valence-electron chi connectivity index (χ1n) is 11.8. The van der Waals surface area contributed by atoms with Gasteiger partial charge in [-0.2, -0.15) is 11.3 Å². The third-order valence-electron chi connectivity index (χ3n) is 6.73. The Balaban J connectivity index is 1.41. The minimum absolute atomic E-state index is 0.0209. The number of hydrogen-bond acceptors (Lipinski definition) is 7. The molecule has 38 heavy (non-hydrogen) atoms. The molecular weight excluding hydrogens is 538 g/mol. The summed E-state index contributed by atoms with van der Waals surface area (Å²) in [7, 11) is 0. The molecule has 3 aromatic heterocycles. The number of ketones is 1. The number of fused-ring (bicyclic) bond motifs is 1. The summed E-state index contributed by atoms with van der Waals surface area (Å²) in [6.07, 6.45) is 1.72. The number of ether oxygens (including phenoxy) is 1. The molecule has 0 aliphatic carbocycles. The van der Waals surface area contributed by atoms with Gasteiger partial charge in [-0.3, -0.25) is 18.9 Å². The van der Waals surface area contributed by atoms with Gasteiger partial charge in [0.05, 0.1) is 11.2 Å². The number of thiophene rings is 1. The molecule has 2 atom stereocenters. The molecule has 4 heterocycles. The van der Waals surface area contributed by atoms with Crippen LogP contribution in [0.15, 0.2) is 95.8 Å². The number of piperidine rings is 1. The Morgan fingerprint density at radius 1 is 1.03 bits per heavy atom. The van der Waals surface area contributed by atoms with Crippen LogP contribution in [0.3, 0.4) is 0 Å². The number of amides is 1. The zero-order valence-corrected chi connectivity index (χ0v) is 22.3. The standard InChI is InChI=1S/C29H20ClN3O3S2/c30-22-7-2-1-6-21(22)27-24(34)16-29(33(37)28(27)35,19-12-14-38-17-19)25-8-3-9-26(32-25)36-20-10-11-23-18(15-20)5-4-13-31-23/h1-15,17,27,37H,16H2. The number of nitrogens with zero attached hydrogens (tertiary/aromatic N) is 3. The summed E-state index contributed by atoms with van der Waals surface area (Å²) < 4.78 is 7.44. The highest BCUT2D eigenvalue weighted by atomic mass is 35.5. The topological polar surface area (TPSA) is 72.4 Å². The molecule has 1 saturated heterocycles. The molecule has 9 heteroatoms. The molecule has 1 amide bonds. The van der Waals surface area contributed by atoms with Crippen molar-refractivity contribution in [3.8, 4) is 11.6 Å². The van der Waals surface area contributed by atoms with Crippen LogP contribution in [0, 0.1) is 0 Å². The van der Waals surface area contributed by atoms with Crippen molar-refractivity contribution in [2.24, 2.45) is 0 Å². The second-order valence-electron chi connectivity index (χ2n) is 8.94. The van der Waals surface area contributed by atoms with Gasteiger partial charge in [0.15, 0.2) is 5.78 Å². The fourth-order valence-electron chi connectivity index (χ4n) is 4.90. The van der Waals surface area contributed by atoms with Gasteiger partial charge in [0, 0.05) is 29.1 Å². The molecule has 0 N–H and O–H groups in total. The van der Waals surface area contributed by atoms with Gasteiger partial charge in [0.1, 0.15) is 17.2 Å². The van der Waals surface area contributed by atoms with Crippen LogP contribution < -0.4 is 4.74 Å². The van der Waals surface area contributed by atoms with Crippen LogP contribution in [0.4, 0.5) is 0 Å². The zero-order valence-electron chi connectivity index (χ0n) is 19.8.